The predicted octanol–water partition coefficient (Wildman–Crippen LogP) is 7.08. The van der Waals surface area contributed by atoms with Gasteiger partial charge in [0.1, 0.15) is 11.2 Å². The van der Waals surface area contributed by atoms with Crippen LogP contribution in [0.15, 0.2) is 101 Å². The van der Waals surface area contributed by atoms with Crippen LogP contribution in [-0.4, -0.2) is 15.0 Å². The molecule has 0 fully saturated rings. The molecule has 0 atom stereocenters. The van der Waals surface area contributed by atoms with Crippen LogP contribution in [-0.2, 0) is 0 Å². The molecule has 4 aromatic carbocycles. The summed E-state index contributed by atoms with van der Waals surface area (Å²) in [6.45, 7) is 2.09. The first-order chi connectivity index (χ1) is 15.8. The van der Waals surface area contributed by atoms with E-state index >= 15 is 0 Å². The Morgan fingerprint density at radius 3 is 1.84 bits per heavy atom. The lowest BCUT2D eigenvalue weighted by Gasteiger charge is -2.09. The fourth-order valence-corrected chi connectivity index (χ4v) is 4.06. The normalized spacial score (nSPS) is 11.3. The smallest absolute Gasteiger partial charge is 0.164 e. The lowest BCUT2D eigenvalue weighted by Crippen LogP contribution is -2.00. The zero-order valence-electron chi connectivity index (χ0n) is 17.5. The molecule has 32 heavy (non-hydrogen) atoms. The highest BCUT2D eigenvalue weighted by atomic mass is 16.3. The molecule has 4 nitrogen and oxygen atoms in total. The van der Waals surface area contributed by atoms with Gasteiger partial charge in [0.05, 0.1) is 0 Å². The second-order valence-electron chi connectivity index (χ2n) is 7.82. The number of rotatable bonds is 3. The Labute approximate surface area is 185 Å². The lowest BCUT2D eigenvalue weighted by atomic mass is 10.0. The molecular formula is C28H19N3O. The second kappa shape index (κ2) is 7.43. The van der Waals surface area contributed by atoms with Gasteiger partial charge in [0.15, 0.2) is 17.5 Å². The van der Waals surface area contributed by atoms with Crippen LogP contribution in [0.1, 0.15) is 5.56 Å². The molecule has 0 saturated heterocycles. The summed E-state index contributed by atoms with van der Waals surface area (Å²) in [4.78, 5) is 14.6. The van der Waals surface area contributed by atoms with Crippen LogP contribution >= 0.6 is 0 Å². The van der Waals surface area contributed by atoms with Crippen molar-refractivity contribution in [3.63, 3.8) is 0 Å². The Bertz CT molecular complexity index is 1510. The summed E-state index contributed by atoms with van der Waals surface area (Å²) in [5.41, 5.74) is 5.70. The van der Waals surface area contributed by atoms with E-state index in [9.17, 15) is 0 Å². The van der Waals surface area contributed by atoms with Crippen molar-refractivity contribution < 1.29 is 4.42 Å². The summed E-state index contributed by atoms with van der Waals surface area (Å²) in [7, 11) is 0. The minimum atomic E-state index is 0.632. The van der Waals surface area contributed by atoms with E-state index in [2.05, 4.69) is 25.1 Å². The van der Waals surface area contributed by atoms with Gasteiger partial charge in [0, 0.05) is 27.5 Å². The highest BCUT2D eigenvalue weighted by molar-refractivity contribution is 6.12. The van der Waals surface area contributed by atoms with E-state index in [1.54, 1.807) is 0 Å². The van der Waals surface area contributed by atoms with Crippen LogP contribution in [0, 0.1) is 6.92 Å². The van der Waals surface area contributed by atoms with Crippen LogP contribution in [0.4, 0.5) is 0 Å². The Morgan fingerprint density at radius 1 is 0.562 bits per heavy atom. The minimum Gasteiger partial charge on any atom is -0.456 e. The summed E-state index contributed by atoms with van der Waals surface area (Å²) in [5.74, 6) is 1.93. The van der Waals surface area contributed by atoms with Gasteiger partial charge in [-0.1, -0.05) is 84.4 Å². The highest BCUT2D eigenvalue weighted by Gasteiger charge is 2.17. The largest absolute Gasteiger partial charge is 0.456 e. The highest BCUT2D eigenvalue weighted by Crippen LogP contribution is 2.36. The van der Waals surface area contributed by atoms with Crippen LogP contribution < -0.4 is 0 Å². The number of fused-ring (bicyclic) bond motifs is 3. The van der Waals surface area contributed by atoms with E-state index in [4.69, 9.17) is 19.4 Å². The molecule has 0 aliphatic heterocycles. The molecule has 0 unspecified atom stereocenters. The van der Waals surface area contributed by atoms with Crippen LogP contribution in [0.3, 0.4) is 0 Å². The van der Waals surface area contributed by atoms with Crippen LogP contribution in [0.25, 0.3) is 56.1 Å². The van der Waals surface area contributed by atoms with Crippen LogP contribution in [0.5, 0.6) is 0 Å². The number of benzene rings is 4. The molecule has 0 saturated carbocycles. The van der Waals surface area contributed by atoms with E-state index < -0.39 is 0 Å². The molecule has 0 aliphatic rings. The maximum Gasteiger partial charge on any atom is 0.164 e. The third-order valence-electron chi connectivity index (χ3n) is 5.59. The molecule has 0 amide bonds. The van der Waals surface area contributed by atoms with Gasteiger partial charge in [-0.3, -0.25) is 0 Å². The van der Waals surface area contributed by atoms with E-state index in [0.717, 1.165) is 38.6 Å². The van der Waals surface area contributed by atoms with Crippen molar-refractivity contribution in [3.8, 4) is 34.2 Å². The quantitative estimate of drug-likeness (QED) is 0.311. The molecule has 2 heterocycles. The third-order valence-corrected chi connectivity index (χ3v) is 5.59. The van der Waals surface area contributed by atoms with Crippen molar-refractivity contribution in [2.45, 2.75) is 6.92 Å². The number of nitrogens with zero attached hydrogens (tertiary/aromatic N) is 3. The standard InChI is InChI=1S/C28H19N3O/c1-18-15-16-23-22(17-18)25-21(13-8-14-24(25)32-23)28-30-26(19-9-4-2-5-10-19)29-27(31-28)20-11-6-3-7-12-20/h2-17H,1H3. The zero-order chi connectivity index (χ0) is 21.5. The first-order valence-electron chi connectivity index (χ1n) is 10.6. The summed E-state index contributed by atoms with van der Waals surface area (Å²) in [6, 6.07) is 32.3. The summed E-state index contributed by atoms with van der Waals surface area (Å²) in [5, 5.41) is 2.09. The first-order valence-corrected chi connectivity index (χ1v) is 10.6. The van der Waals surface area contributed by atoms with E-state index in [-0.39, 0.29) is 0 Å². The van der Waals surface area contributed by atoms with Gasteiger partial charge < -0.3 is 4.42 Å². The van der Waals surface area contributed by atoms with Crippen molar-refractivity contribution >= 4 is 21.9 Å². The molecule has 0 bridgehead atoms. The Morgan fingerprint density at radius 2 is 1.19 bits per heavy atom. The lowest BCUT2D eigenvalue weighted by molar-refractivity contribution is 0.669. The summed E-state index contributed by atoms with van der Waals surface area (Å²) < 4.78 is 6.13. The predicted molar refractivity (Wildman–Crippen MR) is 128 cm³/mol. The third kappa shape index (κ3) is 3.13. The van der Waals surface area contributed by atoms with Crippen molar-refractivity contribution in [3.05, 3.63) is 103 Å². The molecule has 2 aromatic heterocycles. The minimum absolute atomic E-state index is 0.632. The second-order valence-corrected chi connectivity index (χ2v) is 7.82. The van der Waals surface area contributed by atoms with Gasteiger partial charge in [-0.15, -0.1) is 0 Å². The Kier molecular flexibility index (Phi) is 4.29. The van der Waals surface area contributed by atoms with E-state index in [1.165, 1.54) is 5.56 Å². The monoisotopic (exact) mass is 413 g/mol. The fraction of sp³-hybridized carbons (Fsp3) is 0.0357. The van der Waals surface area contributed by atoms with Gasteiger partial charge >= 0.3 is 0 Å². The number of aryl methyl sites for hydroxylation is 1. The topological polar surface area (TPSA) is 51.8 Å². The Balaban J connectivity index is 1.66. The first kappa shape index (κ1) is 18.5. The van der Waals surface area contributed by atoms with Gasteiger partial charge in [0.25, 0.3) is 0 Å². The molecule has 0 spiro atoms. The van der Waals surface area contributed by atoms with Crippen molar-refractivity contribution in [1.29, 1.82) is 0 Å². The average molecular weight is 413 g/mol. The average Bonchev–Trinajstić information content (AvgIpc) is 3.23. The number of hydrogen-bond donors (Lipinski definition) is 0. The molecule has 0 N–H and O–H groups in total. The fourth-order valence-electron chi connectivity index (χ4n) is 4.06. The molecule has 152 valence electrons. The van der Waals surface area contributed by atoms with Gasteiger partial charge in [-0.2, -0.15) is 0 Å². The van der Waals surface area contributed by atoms with Gasteiger partial charge in [-0.25, -0.2) is 15.0 Å². The van der Waals surface area contributed by atoms with Crippen molar-refractivity contribution in [2.24, 2.45) is 0 Å². The number of furan rings is 1. The van der Waals surface area contributed by atoms with E-state index in [1.807, 2.05) is 78.9 Å². The van der Waals surface area contributed by atoms with Crippen molar-refractivity contribution in [1.82, 2.24) is 15.0 Å². The van der Waals surface area contributed by atoms with Gasteiger partial charge in [-0.05, 0) is 25.1 Å². The van der Waals surface area contributed by atoms with E-state index in [0.29, 0.717) is 17.5 Å². The van der Waals surface area contributed by atoms with Gasteiger partial charge in [0.2, 0.25) is 0 Å². The molecular weight excluding hydrogens is 394 g/mol. The maximum absolute atomic E-state index is 6.13. The van der Waals surface area contributed by atoms with Crippen molar-refractivity contribution in [2.75, 3.05) is 0 Å². The SMILES string of the molecule is Cc1ccc2oc3cccc(-c4nc(-c5ccccc5)nc(-c5ccccc5)n4)c3c2c1. The molecule has 0 radical (unpaired) electrons. The Hall–Kier alpha value is -4.31. The van der Waals surface area contributed by atoms with Crippen LogP contribution in [0.2, 0.25) is 0 Å². The molecule has 0 aliphatic carbocycles. The summed E-state index contributed by atoms with van der Waals surface area (Å²) >= 11 is 0. The molecule has 4 heteroatoms. The maximum atomic E-state index is 6.13. The number of hydrogen-bond acceptors (Lipinski definition) is 4. The molecule has 6 rings (SSSR count). The number of aromatic nitrogens is 3. The summed E-state index contributed by atoms with van der Waals surface area (Å²) in [6.07, 6.45) is 0. The molecule has 6 aromatic rings. The zero-order valence-corrected chi connectivity index (χ0v) is 17.5.